The summed E-state index contributed by atoms with van der Waals surface area (Å²) in [7, 11) is -3.02. The number of rotatable bonds is 13. The fourth-order valence-electron chi connectivity index (χ4n) is 4.70. The fraction of sp³-hybridized carbons (Fsp3) is 0.500. The van der Waals surface area contributed by atoms with Gasteiger partial charge in [-0.05, 0) is 69.1 Å². The van der Waals surface area contributed by atoms with Gasteiger partial charge in [0.05, 0.1) is 6.26 Å². The van der Waals surface area contributed by atoms with Crippen LogP contribution >= 0.6 is 11.6 Å². The lowest BCUT2D eigenvalue weighted by molar-refractivity contribution is -0.116. The third-order valence-corrected chi connectivity index (χ3v) is 7.97. The Bertz CT molecular complexity index is 1130. The van der Waals surface area contributed by atoms with E-state index in [1.165, 1.54) is 17.4 Å². The van der Waals surface area contributed by atoms with E-state index in [-0.39, 0.29) is 18.4 Å². The Labute approximate surface area is 231 Å². The molecule has 0 aliphatic carbocycles. The molecule has 0 radical (unpaired) electrons. The van der Waals surface area contributed by atoms with Gasteiger partial charge < -0.3 is 4.79 Å². The van der Waals surface area contributed by atoms with E-state index in [4.69, 9.17) is 11.6 Å². The van der Waals surface area contributed by atoms with Crippen LogP contribution in [0, 0.1) is 13.8 Å². The molecular weight excluding hydrogens is 501 g/mol. The van der Waals surface area contributed by atoms with Crippen LogP contribution < -0.4 is 4.72 Å². The van der Waals surface area contributed by atoms with E-state index in [1.54, 1.807) is 0 Å². The number of hydrogen-bond acceptors (Lipinski definition) is 3. The first-order valence-electron chi connectivity index (χ1n) is 13.2. The first-order chi connectivity index (χ1) is 17.3. The summed E-state index contributed by atoms with van der Waals surface area (Å²) in [5.41, 5.74) is 4.13. The molecule has 0 aliphatic heterocycles. The summed E-state index contributed by atoms with van der Waals surface area (Å²) in [5, 5.41) is 0.727. The molecule has 7 heteroatoms. The van der Waals surface area contributed by atoms with Crippen LogP contribution in [0.25, 0.3) is 0 Å². The largest absolute Gasteiger partial charge is 0.310 e. The average Bonchev–Trinajstić information content (AvgIpc) is 2.81. The number of nitrogens with one attached hydrogen (secondary N) is 1. The molecule has 0 fully saturated rings. The van der Waals surface area contributed by atoms with Gasteiger partial charge in [0.25, 0.3) is 0 Å². The number of carbonyl (C=O) groups is 1. The average molecular weight is 546 g/mol. The minimum atomic E-state index is -3.02. The molecular formula is C30H45BClNO3S. The van der Waals surface area contributed by atoms with Crippen molar-refractivity contribution < 1.29 is 13.2 Å². The zero-order valence-electron chi connectivity index (χ0n) is 23.7. The summed E-state index contributed by atoms with van der Waals surface area (Å²) in [5.74, 6) is 0. The van der Waals surface area contributed by atoms with Gasteiger partial charge in [-0.3, -0.25) is 0 Å². The van der Waals surface area contributed by atoms with Gasteiger partial charge in [0.1, 0.15) is 5.68 Å². The van der Waals surface area contributed by atoms with Crippen molar-refractivity contribution in [3.8, 4) is 0 Å². The van der Waals surface area contributed by atoms with Gasteiger partial charge in [0, 0.05) is 16.5 Å². The van der Waals surface area contributed by atoms with Crippen molar-refractivity contribution in [2.24, 2.45) is 0 Å². The quantitative estimate of drug-likeness (QED) is 0.212. The predicted molar refractivity (Wildman–Crippen MR) is 161 cm³/mol. The van der Waals surface area contributed by atoms with E-state index in [2.05, 4.69) is 44.2 Å². The molecule has 0 spiro atoms. The zero-order chi connectivity index (χ0) is 28.2. The molecule has 4 nitrogen and oxygen atoms in total. The molecule has 1 N–H and O–H groups in total. The summed E-state index contributed by atoms with van der Waals surface area (Å²) in [6, 6.07) is 14.3. The normalized spacial score (nSPS) is 12.9. The van der Waals surface area contributed by atoms with Crippen molar-refractivity contribution in [1.29, 1.82) is 0 Å². The summed E-state index contributed by atoms with van der Waals surface area (Å²) in [6.45, 7) is 16.0. The third kappa shape index (κ3) is 10.8. The van der Waals surface area contributed by atoms with Gasteiger partial charge >= 0.3 is 0 Å². The number of halogens is 1. The third-order valence-electron chi connectivity index (χ3n) is 6.78. The Balaban J connectivity index is 0.000000482. The minimum absolute atomic E-state index is 0.0676. The molecule has 0 saturated carbocycles. The molecule has 0 aromatic heterocycles. The van der Waals surface area contributed by atoms with Crippen LogP contribution in [-0.4, -0.2) is 33.1 Å². The van der Waals surface area contributed by atoms with Gasteiger partial charge in [-0.25, -0.2) is 13.1 Å². The summed E-state index contributed by atoms with van der Waals surface area (Å²) in [4.78, 5) is 13.4. The monoisotopic (exact) mass is 545 g/mol. The highest BCUT2D eigenvalue weighted by Gasteiger charge is 2.38. The van der Waals surface area contributed by atoms with Crippen molar-refractivity contribution in [3.63, 3.8) is 0 Å². The second kappa shape index (κ2) is 15.5. The van der Waals surface area contributed by atoms with Crippen LogP contribution in [0.5, 0.6) is 0 Å². The minimum Gasteiger partial charge on any atom is -0.310 e. The second-order valence-corrected chi connectivity index (χ2v) is 12.5. The van der Waals surface area contributed by atoms with Gasteiger partial charge in [-0.15, -0.1) is 6.58 Å². The molecule has 37 heavy (non-hydrogen) atoms. The van der Waals surface area contributed by atoms with E-state index in [0.717, 1.165) is 48.2 Å². The molecule has 2 aromatic carbocycles. The van der Waals surface area contributed by atoms with Crippen molar-refractivity contribution in [1.82, 2.24) is 4.72 Å². The van der Waals surface area contributed by atoms with Crippen molar-refractivity contribution >= 4 is 34.0 Å². The highest BCUT2D eigenvalue weighted by Crippen LogP contribution is 2.33. The van der Waals surface area contributed by atoms with Crippen LogP contribution in [0.2, 0.25) is 11.8 Å². The molecule has 0 amide bonds. The van der Waals surface area contributed by atoms with E-state index in [9.17, 15) is 13.2 Å². The van der Waals surface area contributed by atoms with Crippen molar-refractivity contribution in [2.75, 3.05) is 6.26 Å². The number of benzene rings is 2. The molecule has 0 bridgehead atoms. The topological polar surface area (TPSA) is 63.2 Å². The Morgan fingerprint density at radius 3 is 2.19 bits per heavy atom. The molecule has 0 saturated heterocycles. The van der Waals surface area contributed by atoms with Crippen LogP contribution in [-0.2, 0) is 26.6 Å². The standard InChI is InChI=1S/C22H26BClO.C8H19NO2S/c1-6-13-22(4,19-11-12-20(24)17(3)14-19)21(25)23(5)15-18-10-8-7-9-16(18)2;1-4-6-8(7-5-2)9-12(3,10)11/h6-12,14H,1,13,15H2,2-5H3;8-9H,4-7H2,1-3H3. The molecule has 0 aliphatic rings. The predicted octanol–water partition coefficient (Wildman–Crippen LogP) is 7.31. The lowest BCUT2D eigenvalue weighted by atomic mass is 9.39. The smallest absolute Gasteiger partial charge is 0.225 e. The SMILES string of the molecule is C=CCC(C)(C(=O)B(C)Cc1ccccc1C)c1ccc(Cl)c(C)c1.CCCC(CCC)NS(C)(=O)=O. The lowest BCUT2D eigenvalue weighted by Gasteiger charge is -2.30. The first-order valence-corrected chi connectivity index (χ1v) is 15.5. The van der Waals surface area contributed by atoms with Crippen LogP contribution in [0.4, 0.5) is 0 Å². The molecule has 2 rings (SSSR count). The highest BCUT2D eigenvalue weighted by atomic mass is 35.5. The van der Waals surface area contributed by atoms with Crippen LogP contribution in [0.1, 0.15) is 75.1 Å². The van der Waals surface area contributed by atoms with Gasteiger partial charge in [0.2, 0.25) is 16.7 Å². The van der Waals surface area contributed by atoms with E-state index in [0.29, 0.717) is 6.42 Å². The van der Waals surface area contributed by atoms with Crippen molar-refractivity contribution in [3.05, 3.63) is 82.4 Å². The van der Waals surface area contributed by atoms with Gasteiger partial charge in [-0.2, -0.15) is 0 Å². The maximum Gasteiger partial charge on any atom is 0.225 e. The zero-order valence-corrected chi connectivity index (χ0v) is 25.3. The summed E-state index contributed by atoms with van der Waals surface area (Å²) >= 11 is 6.17. The Kier molecular flexibility index (Phi) is 13.9. The summed E-state index contributed by atoms with van der Waals surface area (Å²) < 4.78 is 24.4. The molecule has 1 unspecified atom stereocenters. The Morgan fingerprint density at radius 1 is 1.11 bits per heavy atom. The number of sulfonamides is 1. The van der Waals surface area contributed by atoms with Gasteiger partial charge in [-0.1, -0.05) is 93.2 Å². The number of allylic oxidation sites excluding steroid dienone is 1. The van der Waals surface area contributed by atoms with Crippen LogP contribution in [0.15, 0.2) is 55.1 Å². The fourth-order valence-corrected chi connectivity index (χ4v) is 5.66. The number of hydrogen-bond donors (Lipinski definition) is 1. The van der Waals surface area contributed by atoms with Crippen molar-refractivity contribution in [2.45, 2.75) is 91.3 Å². The summed E-state index contributed by atoms with van der Waals surface area (Å²) in [6.07, 6.45) is 8.33. The van der Waals surface area contributed by atoms with E-state index >= 15 is 0 Å². The maximum absolute atomic E-state index is 13.4. The van der Waals surface area contributed by atoms with E-state index in [1.807, 2.05) is 57.1 Å². The Morgan fingerprint density at radius 2 is 1.70 bits per heavy atom. The van der Waals surface area contributed by atoms with Gasteiger partial charge in [0.15, 0.2) is 0 Å². The molecule has 204 valence electrons. The van der Waals surface area contributed by atoms with E-state index < -0.39 is 15.4 Å². The number of aryl methyl sites for hydroxylation is 2. The second-order valence-electron chi connectivity index (χ2n) is 10.3. The highest BCUT2D eigenvalue weighted by molar-refractivity contribution is 7.88. The first kappa shape index (κ1) is 33.1. The molecule has 0 heterocycles. The number of carbonyl (C=O) groups excluding carboxylic acids is 1. The lowest BCUT2D eigenvalue weighted by Crippen LogP contribution is -2.42. The molecule has 2 aromatic rings. The maximum atomic E-state index is 13.4. The van der Waals surface area contributed by atoms with Crippen LogP contribution in [0.3, 0.4) is 0 Å². The molecule has 1 atom stereocenters. The Hall–Kier alpha value is -1.89.